The Balaban J connectivity index is 1.64. The minimum absolute atomic E-state index is 0.0400. The number of aliphatic hydroxyl groups excluding tert-OH is 3. The number of hydrogen-bond acceptors (Lipinski definition) is 4. The van der Waals surface area contributed by atoms with Gasteiger partial charge in [0.1, 0.15) is 0 Å². The zero-order chi connectivity index (χ0) is 26.0. The second kappa shape index (κ2) is 7.35. The summed E-state index contributed by atoms with van der Waals surface area (Å²) in [5.74, 6) is -0.430. The molecule has 0 amide bonds. The van der Waals surface area contributed by atoms with E-state index in [0.29, 0.717) is 19.3 Å². The maximum Gasteiger partial charge on any atom is 0.310 e. The highest BCUT2D eigenvalue weighted by Crippen LogP contribution is 2.75. The predicted octanol–water partition coefficient (Wildman–Crippen LogP) is 5.18. The highest BCUT2D eigenvalue weighted by molar-refractivity contribution is 5.76. The van der Waals surface area contributed by atoms with Gasteiger partial charge in [0.25, 0.3) is 0 Å². The van der Waals surface area contributed by atoms with Crippen LogP contribution in [0.5, 0.6) is 0 Å². The molecule has 4 saturated carbocycles. The number of carboxylic acid groups (broad SMARTS) is 1. The van der Waals surface area contributed by atoms with E-state index in [1.165, 1.54) is 5.57 Å². The molecule has 5 heteroatoms. The van der Waals surface area contributed by atoms with Gasteiger partial charge in [0.05, 0.1) is 23.7 Å². The third-order valence-electron chi connectivity index (χ3n) is 12.9. The van der Waals surface area contributed by atoms with Gasteiger partial charge in [0.15, 0.2) is 0 Å². The molecule has 5 nitrogen and oxygen atoms in total. The third kappa shape index (κ3) is 3.07. The number of fused-ring (bicyclic) bond motifs is 7. The van der Waals surface area contributed by atoms with Crippen molar-refractivity contribution in [3.05, 3.63) is 11.6 Å². The number of carboxylic acids is 1. The van der Waals surface area contributed by atoms with Crippen LogP contribution in [0.4, 0.5) is 0 Å². The Morgan fingerprint density at radius 3 is 2.11 bits per heavy atom. The van der Waals surface area contributed by atoms with E-state index in [9.17, 15) is 25.2 Å². The van der Waals surface area contributed by atoms with E-state index in [0.717, 1.165) is 32.1 Å². The van der Waals surface area contributed by atoms with Crippen molar-refractivity contribution < 1.29 is 25.2 Å². The van der Waals surface area contributed by atoms with E-state index in [1.807, 2.05) is 13.8 Å². The normalized spacial score (nSPS) is 54.4. The van der Waals surface area contributed by atoms with Crippen LogP contribution in [0, 0.1) is 50.2 Å². The van der Waals surface area contributed by atoms with Gasteiger partial charge in [-0.25, -0.2) is 0 Å². The van der Waals surface area contributed by atoms with Gasteiger partial charge in [0.2, 0.25) is 0 Å². The second-order valence-electron chi connectivity index (χ2n) is 15.4. The standard InChI is InChI=1S/C30H48O5/c1-25(2)10-12-30(24(34)35)13-11-28(6)17(18(30)14-25)8-9-21-27(5)15-20(32)23(33)26(3,4)22(27)19(31)16-29(21,28)7/h8,18-23,31-33H,9-16H2,1-7H3,(H,34,35)/t18-,19-,20-,21-,22?,23+,27-,28-,29-,30+/m1/s1. The molecule has 198 valence electrons. The fraction of sp³-hybridized carbons (Fsp3) is 0.900. The van der Waals surface area contributed by atoms with E-state index in [-0.39, 0.29) is 39.4 Å². The topological polar surface area (TPSA) is 98.0 Å². The van der Waals surface area contributed by atoms with Gasteiger partial charge in [0, 0.05) is 0 Å². The van der Waals surface area contributed by atoms with E-state index in [2.05, 4.69) is 40.7 Å². The third-order valence-corrected chi connectivity index (χ3v) is 12.9. The molecule has 0 heterocycles. The van der Waals surface area contributed by atoms with Crippen LogP contribution in [0.15, 0.2) is 11.6 Å². The van der Waals surface area contributed by atoms with Crippen LogP contribution in [-0.2, 0) is 4.79 Å². The van der Waals surface area contributed by atoms with Gasteiger partial charge in [-0.2, -0.15) is 0 Å². The smallest absolute Gasteiger partial charge is 0.310 e. The first-order valence-corrected chi connectivity index (χ1v) is 13.9. The maximum atomic E-state index is 12.8. The summed E-state index contributed by atoms with van der Waals surface area (Å²) in [5, 5.41) is 44.1. The molecule has 0 aliphatic heterocycles. The Morgan fingerprint density at radius 2 is 1.49 bits per heavy atom. The molecule has 5 rings (SSSR count). The van der Waals surface area contributed by atoms with Gasteiger partial charge in [-0.15, -0.1) is 0 Å². The quantitative estimate of drug-likeness (QED) is 0.382. The summed E-state index contributed by atoms with van der Waals surface area (Å²) < 4.78 is 0. The summed E-state index contributed by atoms with van der Waals surface area (Å²) in [6.45, 7) is 15.5. The fourth-order valence-corrected chi connectivity index (χ4v) is 11.0. The molecule has 4 fully saturated rings. The lowest BCUT2D eigenvalue weighted by molar-refractivity contribution is -0.263. The largest absolute Gasteiger partial charge is 0.481 e. The summed E-state index contributed by atoms with van der Waals surface area (Å²) in [6, 6.07) is 0. The van der Waals surface area contributed by atoms with Gasteiger partial charge in [-0.05, 0) is 96.2 Å². The summed E-state index contributed by atoms with van der Waals surface area (Å²) >= 11 is 0. The van der Waals surface area contributed by atoms with Crippen LogP contribution in [0.1, 0.15) is 99.8 Å². The molecular weight excluding hydrogens is 440 g/mol. The van der Waals surface area contributed by atoms with Crippen LogP contribution in [0.3, 0.4) is 0 Å². The summed E-state index contributed by atoms with van der Waals surface area (Å²) in [5.41, 5.74) is -0.501. The molecule has 4 N–H and O–H groups in total. The Kier molecular flexibility index (Phi) is 5.40. The lowest BCUT2D eigenvalue weighted by Gasteiger charge is -2.72. The van der Waals surface area contributed by atoms with Crippen molar-refractivity contribution in [2.45, 2.75) is 118 Å². The zero-order valence-electron chi connectivity index (χ0n) is 22.9. The molecule has 5 aliphatic carbocycles. The Hall–Kier alpha value is -0.910. The molecule has 0 aromatic rings. The van der Waals surface area contributed by atoms with Crippen molar-refractivity contribution in [3.63, 3.8) is 0 Å². The molecule has 0 radical (unpaired) electrons. The number of allylic oxidation sites excluding steroid dienone is 2. The van der Waals surface area contributed by atoms with E-state index in [1.54, 1.807) is 0 Å². The highest BCUT2D eigenvalue weighted by atomic mass is 16.4. The van der Waals surface area contributed by atoms with Gasteiger partial charge < -0.3 is 20.4 Å². The van der Waals surface area contributed by atoms with Crippen molar-refractivity contribution in [2.24, 2.45) is 50.2 Å². The Morgan fingerprint density at radius 1 is 0.857 bits per heavy atom. The molecule has 0 bridgehead atoms. The minimum atomic E-state index is -0.847. The number of rotatable bonds is 1. The van der Waals surface area contributed by atoms with Gasteiger partial charge >= 0.3 is 5.97 Å². The van der Waals surface area contributed by atoms with Crippen LogP contribution in [0.2, 0.25) is 0 Å². The average molecular weight is 489 g/mol. The number of carbonyl (C=O) groups is 1. The van der Waals surface area contributed by atoms with E-state index >= 15 is 0 Å². The SMILES string of the molecule is CC1(C)CC[C@]2(C(=O)O)CC[C@]3(C)C(=CC[C@@H]4[C@@]5(C)C[C@@H](O)[C@H](O)C(C)(C)C5[C@H](O)C[C@]43C)[C@H]2C1. The maximum absolute atomic E-state index is 12.8. The fourth-order valence-electron chi connectivity index (χ4n) is 11.0. The lowest BCUT2D eigenvalue weighted by Crippen LogP contribution is -2.70. The molecule has 0 saturated heterocycles. The zero-order valence-corrected chi connectivity index (χ0v) is 22.9. The molecule has 0 aromatic heterocycles. The van der Waals surface area contributed by atoms with Gasteiger partial charge in [-0.1, -0.05) is 60.1 Å². The van der Waals surface area contributed by atoms with Crippen molar-refractivity contribution in [3.8, 4) is 0 Å². The van der Waals surface area contributed by atoms with Crippen molar-refractivity contribution in [1.82, 2.24) is 0 Å². The first-order valence-electron chi connectivity index (χ1n) is 13.9. The van der Waals surface area contributed by atoms with E-state index < -0.39 is 35.1 Å². The Bertz CT molecular complexity index is 952. The van der Waals surface area contributed by atoms with E-state index in [4.69, 9.17) is 0 Å². The van der Waals surface area contributed by atoms with Crippen molar-refractivity contribution in [2.75, 3.05) is 0 Å². The average Bonchev–Trinajstić information content (AvgIpc) is 2.71. The molecular formula is C30H48O5. The summed E-state index contributed by atoms with van der Waals surface area (Å²) in [6.07, 6.45) is 6.32. The first-order chi connectivity index (χ1) is 16.0. The highest BCUT2D eigenvalue weighted by Gasteiger charge is 2.71. The molecule has 10 atom stereocenters. The van der Waals surface area contributed by atoms with Crippen molar-refractivity contribution >= 4 is 5.97 Å². The monoisotopic (exact) mass is 488 g/mol. The predicted molar refractivity (Wildman–Crippen MR) is 135 cm³/mol. The van der Waals surface area contributed by atoms with Crippen LogP contribution in [0.25, 0.3) is 0 Å². The molecule has 35 heavy (non-hydrogen) atoms. The number of aliphatic hydroxyl groups is 3. The molecule has 0 spiro atoms. The summed E-state index contributed by atoms with van der Waals surface area (Å²) in [4.78, 5) is 12.8. The molecule has 1 unspecified atom stereocenters. The summed E-state index contributed by atoms with van der Waals surface area (Å²) in [7, 11) is 0. The van der Waals surface area contributed by atoms with Crippen LogP contribution < -0.4 is 0 Å². The van der Waals surface area contributed by atoms with Gasteiger partial charge in [-0.3, -0.25) is 4.79 Å². The molecule has 5 aliphatic rings. The Labute approximate surface area is 211 Å². The number of hydrogen-bond donors (Lipinski definition) is 4. The molecule has 0 aromatic carbocycles. The second-order valence-corrected chi connectivity index (χ2v) is 15.4. The van der Waals surface area contributed by atoms with Crippen LogP contribution in [-0.4, -0.2) is 44.7 Å². The van der Waals surface area contributed by atoms with Crippen LogP contribution >= 0.6 is 0 Å². The number of aliphatic carboxylic acids is 1. The van der Waals surface area contributed by atoms with Crippen molar-refractivity contribution in [1.29, 1.82) is 0 Å². The first kappa shape index (κ1) is 25.7. The lowest BCUT2D eigenvalue weighted by atomic mass is 9.33. The minimum Gasteiger partial charge on any atom is -0.481 e.